The monoisotopic (exact) mass is 348 g/mol. The molecule has 0 aliphatic carbocycles. The molecule has 0 aliphatic heterocycles. The van der Waals surface area contributed by atoms with Crippen LogP contribution in [0.2, 0.25) is 0 Å². The predicted molar refractivity (Wildman–Crippen MR) is 100 cm³/mol. The van der Waals surface area contributed by atoms with Crippen molar-refractivity contribution in [3.05, 3.63) is 78.1 Å². The Morgan fingerprint density at radius 1 is 1.00 bits per heavy atom. The van der Waals surface area contributed by atoms with Crippen molar-refractivity contribution in [1.82, 2.24) is 15.3 Å². The number of amides is 1. The third kappa shape index (κ3) is 4.57. The highest BCUT2D eigenvalue weighted by atomic mass is 16.5. The fraction of sp³-hybridized carbons (Fsp3) is 0.150. The van der Waals surface area contributed by atoms with Crippen LogP contribution >= 0.6 is 0 Å². The molecular formula is C20H20N4O2. The largest absolute Gasteiger partial charge is 0.457 e. The second-order valence-corrected chi connectivity index (χ2v) is 5.86. The van der Waals surface area contributed by atoms with Crippen LogP contribution in [0.5, 0.6) is 11.5 Å². The van der Waals surface area contributed by atoms with Crippen LogP contribution in [0.1, 0.15) is 16.1 Å². The summed E-state index contributed by atoms with van der Waals surface area (Å²) in [6.45, 7) is 0.338. The second kappa shape index (κ2) is 8.11. The predicted octanol–water partition coefficient (Wildman–Crippen LogP) is 3.26. The van der Waals surface area contributed by atoms with Gasteiger partial charge in [0.25, 0.3) is 5.91 Å². The zero-order valence-electron chi connectivity index (χ0n) is 14.7. The molecule has 26 heavy (non-hydrogen) atoms. The summed E-state index contributed by atoms with van der Waals surface area (Å²) in [7, 11) is 3.74. The highest BCUT2D eigenvalue weighted by Crippen LogP contribution is 2.21. The van der Waals surface area contributed by atoms with Crippen LogP contribution in [0, 0.1) is 0 Å². The number of anilines is 1. The highest BCUT2D eigenvalue weighted by molar-refractivity contribution is 5.94. The molecule has 0 bridgehead atoms. The Labute approximate surface area is 152 Å². The molecule has 0 saturated heterocycles. The highest BCUT2D eigenvalue weighted by Gasteiger charge is 2.07. The van der Waals surface area contributed by atoms with E-state index in [1.165, 1.54) is 0 Å². The zero-order valence-corrected chi connectivity index (χ0v) is 14.7. The molecule has 0 fully saturated rings. The van der Waals surface area contributed by atoms with Crippen molar-refractivity contribution in [3.63, 3.8) is 0 Å². The Kier molecular flexibility index (Phi) is 5.43. The molecule has 0 unspecified atom stereocenters. The summed E-state index contributed by atoms with van der Waals surface area (Å²) in [5.74, 6) is 1.88. The smallest absolute Gasteiger partial charge is 0.251 e. The second-order valence-electron chi connectivity index (χ2n) is 5.86. The lowest BCUT2D eigenvalue weighted by molar-refractivity contribution is 0.0950. The van der Waals surface area contributed by atoms with Crippen molar-refractivity contribution < 1.29 is 9.53 Å². The van der Waals surface area contributed by atoms with Crippen molar-refractivity contribution >= 4 is 11.9 Å². The first kappa shape index (κ1) is 17.4. The minimum absolute atomic E-state index is 0.165. The van der Waals surface area contributed by atoms with Crippen molar-refractivity contribution in [2.45, 2.75) is 6.54 Å². The summed E-state index contributed by atoms with van der Waals surface area (Å²) in [4.78, 5) is 22.7. The number of carbonyl (C=O) groups is 1. The molecule has 3 rings (SSSR count). The molecule has 2 aromatic carbocycles. The molecule has 0 spiro atoms. The van der Waals surface area contributed by atoms with Crippen molar-refractivity contribution in [2.75, 3.05) is 19.0 Å². The van der Waals surface area contributed by atoms with Gasteiger partial charge in [0, 0.05) is 25.9 Å². The topological polar surface area (TPSA) is 67.4 Å². The van der Waals surface area contributed by atoms with Gasteiger partial charge in [-0.25, -0.2) is 9.97 Å². The van der Waals surface area contributed by atoms with Gasteiger partial charge in [-0.3, -0.25) is 4.79 Å². The quantitative estimate of drug-likeness (QED) is 0.740. The first-order valence-electron chi connectivity index (χ1n) is 8.22. The van der Waals surface area contributed by atoms with Crippen LogP contribution in [0.15, 0.2) is 66.9 Å². The third-order valence-electron chi connectivity index (χ3n) is 3.63. The Morgan fingerprint density at radius 3 is 2.38 bits per heavy atom. The van der Waals surface area contributed by atoms with Crippen LogP contribution in [0.25, 0.3) is 0 Å². The van der Waals surface area contributed by atoms with Crippen LogP contribution < -0.4 is 15.0 Å². The summed E-state index contributed by atoms with van der Waals surface area (Å²) in [5, 5.41) is 2.86. The van der Waals surface area contributed by atoms with Gasteiger partial charge in [0.15, 0.2) is 0 Å². The zero-order chi connectivity index (χ0) is 18.4. The van der Waals surface area contributed by atoms with E-state index in [0.717, 1.165) is 11.4 Å². The first-order chi connectivity index (χ1) is 12.6. The van der Waals surface area contributed by atoms with Gasteiger partial charge in [0.05, 0.1) is 12.2 Å². The van der Waals surface area contributed by atoms with E-state index in [1.807, 2.05) is 49.3 Å². The summed E-state index contributed by atoms with van der Waals surface area (Å²) in [6, 6.07) is 18.3. The number of ether oxygens (including phenoxy) is 1. The molecule has 6 nitrogen and oxygen atoms in total. The van der Waals surface area contributed by atoms with E-state index in [4.69, 9.17) is 4.74 Å². The average Bonchev–Trinajstić information content (AvgIpc) is 2.68. The number of aromatic nitrogens is 2. The van der Waals surface area contributed by atoms with Crippen molar-refractivity contribution in [1.29, 1.82) is 0 Å². The molecule has 1 N–H and O–H groups in total. The number of nitrogens with one attached hydrogen (secondary N) is 1. The maximum absolute atomic E-state index is 12.3. The van der Waals surface area contributed by atoms with E-state index in [-0.39, 0.29) is 5.91 Å². The SMILES string of the molecule is CN(C)c1nccc(CNC(=O)c2ccc(Oc3ccccc3)cc2)n1. The van der Waals surface area contributed by atoms with Gasteiger partial charge < -0.3 is 15.0 Å². The molecule has 1 amide bonds. The lowest BCUT2D eigenvalue weighted by Crippen LogP contribution is -2.24. The van der Waals surface area contributed by atoms with Gasteiger partial charge >= 0.3 is 0 Å². The average molecular weight is 348 g/mol. The lowest BCUT2D eigenvalue weighted by atomic mass is 10.2. The minimum Gasteiger partial charge on any atom is -0.457 e. The normalized spacial score (nSPS) is 10.2. The van der Waals surface area contributed by atoms with Crippen molar-refractivity contribution in [2.24, 2.45) is 0 Å². The lowest BCUT2D eigenvalue weighted by Gasteiger charge is -2.11. The molecule has 1 heterocycles. The Hall–Kier alpha value is -3.41. The molecule has 132 valence electrons. The van der Waals surface area contributed by atoms with Gasteiger partial charge in [-0.15, -0.1) is 0 Å². The van der Waals surface area contributed by atoms with Crippen LogP contribution in [-0.2, 0) is 6.54 Å². The molecule has 0 atom stereocenters. The van der Waals surface area contributed by atoms with Gasteiger partial charge in [-0.05, 0) is 42.5 Å². The summed E-state index contributed by atoms with van der Waals surface area (Å²) in [6.07, 6.45) is 1.68. The minimum atomic E-state index is -0.165. The number of benzene rings is 2. The Morgan fingerprint density at radius 2 is 1.69 bits per heavy atom. The summed E-state index contributed by atoms with van der Waals surface area (Å²) in [5.41, 5.74) is 1.31. The first-order valence-corrected chi connectivity index (χ1v) is 8.22. The van der Waals surface area contributed by atoms with E-state index >= 15 is 0 Å². The van der Waals surface area contributed by atoms with Gasteiger partial charge in [-0.2, -0.15) is 0 Å². The van der Waals surface area contributed by atoms with E-state index in [1.54, 1.807) is 36.5 Å². The summed E-state index contributed by atoms with van der Waals surface area (Å²) >= 11 is 0. The molecule has 0 saturated carbocycles. The standard InChI is InChI=1S/C20H20N4O2/c1-24(2)20-21-13-12-16(23-20)14-22-19(25)15-8-10-18(11-9-15)26-17-6-4-3-5-7-17/h3-13H,14H2,1-2H3,(H,22,25). The van der Waals surface area contributed by atoms with E-state index in [0.29, 0.717) is 23.8 Å². The Bertz CT molecular complexity index is 864. The molecule has 6 heteroatoms. The van der Waals surface area contributed by atoms with Gasteiger partial charge in [0.2, 0.25) is 5.95 Å². The Balaban J connectivity index is 1.59. The molecular weight excluding hydrogens is 328 g/mol. The maximum Gasteiger partial charge on any atom is 0.251 e. The number of carbonyl (C=O) groups excluding carboxylic acids is 1. The number of nitrogens with zero attached hydrogens (tertiary/aromatic N) is 3. The molecule has 0 radical (unpaired) electrons. The van der Waals surface area contributed by atoms with Crippen LogP contribution in [0.3, 0.4) is 0 Å². The number of rotatable bonds is 6. The summed E-state index contributed by atoms with van der Waals surface area (Å²) < 4.78 is 5.72. The third-order valence-corrected chi connectivity index (χ3v) is 3.63. The number of hydrogen-bond acceptors (Lipinski definition) is 5. The fourth-order valence-electron chi connectivity index (χ4n) is 2.27. The number of para-hydroxylation sites is 1. The maximum atomic E-state index is 12.3. The van der Waals surface area contributed by atoms with E-state index < -0.39 is 0 Å². The number of hydrogen-bond donors (Lipinski definition) is 1. The molecule has 0 aliphatic rings. The fourth-order valence-corrected chi connectivity index (χ4v) is 2.27. The van der Waals surface area contributed by atoms with E-state index in [9.17, 15) is 4.79 Å². The van der Waals surface area contributed by atoms with Gasteiger partial charge in [-0.1, -0.05) is 18.2 Å². The molecule has 1 aromatic heterocycles. The van der Waals surface area contributed by atoms with Crippen molar-refractivity contribution in [3.8, 4) is 11.5 Å². The molecule has 3 aromatic rings. The van der Waals surface area contributed by atoms with E-state index in [2.05, 4.69) is 15.3 Å². The van der Waals surface area contributed by atoms with Crippen LogP contribution in [-0.4, -0.2) is 30.0 Å². The van der Waals surface area contributed by atoms with Crippen LogP contribution in [0.4, 0.5) is 5.95 Å². The van der Waals surface area contributed by atoms with Gasteiger partial charge in [0.1, 0.15) is 11.5 Å².